The Morgan fingerprint density at radius 1 is 1.10 bits per heavy atom. The molecule has 2 aliphatic rings. The first-order valence-corrected chi connectivity index (χ1v) is 8.80. The second-order valence-corrected chi connectivity index (χ2v) is 7.28. The van der Waals surface area contributed by atoms with Gasteiger partial charge in [0.05, 0.1) is 0 Å². The molecule has 0 radical (unpaired) electrons. The third-order valence-electron chi connectivity index (χ3n) is 4.55. The summed E-state index contributed by atoms with van der Waals surface area (Å²) in [7, 11) is 0. The Morgan fingerprint density at radius 2 is 1.76 bits per heavy atom. The number of hydrogen-bond donors (Lipinski definition) is 0. The fourth-order valence-electron chi connectivity index (χ4n) is 3.42. The van der Waals surface area contributed by atoms with Gasteiger partial charge < -0.3 is 4.90 Å². The van der Waals surface area contributed by atoms with Crippen molar-refractivity contribution in [2.75, 3.05) is 26.2 Å². The molecule has 1 saturated heterocycles. The van der Waals surface area contributed by atoms with Gasteiger partial charge in [0.15, 0.2) is 0 Å². The van der Waals surface area contributed by atoms with Gasteiger partial charge in [-0.1, -0.05) is 40.4 Å². The summed E-state index contributed by atoms with van der Waals surface area (Å²) in [6, 6.07) is 6.15. The molecule has 1 saturated carbocycles. The van der Waals surface area contributed by atoms with E-state index < -0.39 is 0 Å². The summed E-state index contributed by atoms with van der Waals surface area (Å²) < 4.78 is 0.850. The van der Waals surface area contributed by atoms with Crippen LogP contribution in [0.2, 0.25) is 5.02 Å². The van der Waals surface area contributed by atoms with Crippen LogP contribution in [0.15, 0.2) is 22.7 Å². The van der Waals surface area contributed by atoms with Crippen LogP contribution in [-0.2, 0) is 0 Å². The lowest BCUT2D eigenvalue weighted by Crippen LogP contribution is -2.51. The zero-order valence-corrected chi connectivity index (χ0v) is 14.4. The highest BCUT2D eigenvalue weighted by atomic mass is 79.9. The third-order valence-corrected chi connectivity index (χ3v) is 5.23. The molecule has 1 heterocycles. The van der Waals surface area contributed by atoms with E-state index >= 15 is 0 Å². The minimum absolute atomic E-state index is 0.0873. The lowest BCUT2D eigenvalue weighted by molar-refractivity contribution is 0.0573. The third kappa shape index (κ3) is 3.61. The van der Waals surface area contributed by atoms with Crippen LogP contribution in [0.3, 0.4) is 0 Å². The molecule has 1 aromatic rings. The fraction of sp³-hybridized carbons (Fsp3) is 0.562. The van der Waals surface area contributed by atoms with Gasteiger partial charge >= 0.3 is 0 Å². The van der Waals surface area contributed by atoms with Crippen LogP contribution < -0.4 is 0 Å². The van der Waals surface area contributed by atoms with Crippen molar-refractivity contribution < 1.29 is 4.79 Å². The van der Waals surface area contributed by atoms with E-state index in [4.69, 9.17) is 11.6 Å². The predicted octanol–water partition coefficient (Wildman–Crippen LogP) is 3.80. The number of nitrogens with zero attached hydrogens (tertiary/aromatic N) is 2. The van der Waals surface area contributed by atoms with Crippen molar-refractivity contribution in [2.24, 2.45) is 0 Å². The molecule has 0 N–H and O–H groups in total. The van der Waals surface area contributed by atoms with Crippen LogP contribution in [0.1, 0.15) is 36.0 Å². The molecule has 1 aliphatic carbocycles. The molecule has 0 spiro atoms. The van der Waals surface area contributed by atoms with Crippen LogP contribution in [0, 0.1) is 0 Å². The largest absolute Gasteiger partial charge is 0.336 e. The van der Waals surface area contributed by atoms with Gasteiger partial charge in [0.1, 0.15) is 0 Å². The number of rotatable bonds is 2. The van der Waals surface area contributed by atoms with Crippen LogP contribution in [0.4, 0.5) is 0 Å². The monoisotopic (exact) mass is 370 g/mol. The number of halogens is 2. The normalized spacial score (nSPS) is 21.0. The van der Waals surface area contributed by atoms with Crippen molar-refractivity contribution in [3.8, 4) is 0 Å². The summed E-state index contributed by atoms with van der Waals surface area (Å²) in [6.07, 6.45) is 5.38. The number of carbonyl (C=O) groups is 1. The fourth-order valence-corrected chi connectivity index (χ4v) is 4.28. The summed E-state index contributed by atoms with van der Waals surface area (Å²) in [5.74, 6) is 0.0873. The number of amides is 1. The summed E-state index contributed by atoms with van der Waals surface area (Å²) in [4.78, 5) is 17.1. The molecule has 1 aliphatic heterocycles. The maximum Gasteiger partial charge on any atom is 0.254 e. The Bertz CT molecular complexity index is 503. The first kappa shape index (κ1) is 15.3. The number of carbonyl (C=O) groups excluding carboxylic acids is 1. The number of piperazine rings is 1. The molecular formula is C16H20BrClN2O. The van der Waals surface area contributed by atoms with Gasteiger partial charge in [-0.3, -0.25) is 9.69 Å². The van der Waals surface area contributed by atoms with Crippen molar-refractivity contribution in [3.63, 3.8) is 0 Å². The quantitative estimate of drug-likeness (QED) is 0.789. The van der Waals surface area contributed by atoms with Crippen LogP contribution in [-0.4, -0.2) is 47.9 Å². The minimum atomic E-state index is 0.0873. The van der Waals surface area contributed by atoms with Crippen molar-refractivity contribution in [1.29, 1.82) is 0 Å². The smallest absolute Gasteiger partial charge is 0.254 e. The topological polar surface area (TPSA) is 23.6 Å². The van der Waals surface area contributed by atoms with E-state index in [2.05, 4.69) is 20.8 Å². The summed E-state index contributed by atoms with van der Waals surface area (Å²) in [6.45, 7) is 3.63. The molecule has 3 nitrogen and oxygen atoms in total. The van der Waals surface area contributed by atoms with Crippen LogP contribution >= 0.6 is 27.5 Å². The average molecular weight is 372 g/mol. The van der Waals surface area contributed by atoms with Gasteiger partial charge in [-0.25, -0.2) is 0 Å². The minimum Gasteiger partial charge on any atom is -0.336 e. The molecule has 21 heavy (non-hydrogen) atoms. The number of hydrogen-bond acceptors (Lipinski definition) is 2. The second-order valence-electron chi connectivity index (χ2n) is 5.92. The Balaban J connectivity index is 1.62. The first-order chi connectivity index (χ1) is 10.1. The van der Waals surface area contributed by atoms with Gasteiger partial charge in [-0.05, 0) is 31.0 Å². The highest BCUT2D eigenvalue weighted by molar-refractivity contribution is 9.10. The Hall–Kier alpha value is -0.580. The van der Waals surface area contributed by atoms with Crippen molar-refractivity contribution in [2.45, 2.75) is 31.7 Å². The lowest BCUT2D eigenvalue weighted by atomic mass is 10.1. The Kier molecular flexibility index (Phi) is 4.87. The zero-order chi connectivity index (χ0) is 14.8. The molecule has 1 aromatic carbocycles. The van der Waals surface area contributed by atoms with E-state index in [-0.39, 0.29) is 5.91 Å². The van der Waals surface area contributed by atoms with Gasteiger partial charge in [0.25, 0.3) is 5.91 Å². The van der Waals surface area contributed by atoms with E-state index in [9.17, 15) is 4.79 Å². The highest BCUT2D eigenvalue weighted by Gasteiger charge is 2.28. The van der Waals surface area contributed by atoms with Gasteiger partial charge in [-0.2, -0.15) is 0 Å². The predicted molar refractivity (Wildman–Crippen MR) is 88.9 cm³/mol. The first-order valence-electron chi connectivity index (χ1n) is 7.63. The maximum atomic E-state index is 12.6. The molecule has 0 atom stereocenters. The van der Waals surface area contributed by atoms with E-state index in [1.807, 2.05) is 11.0 Å². The average Bonchev–Trinajstić information content (AvgIpc) is 3.00. The van der Waals surface area contributed by atoms with E-state index in [1.165, 1.54) is 25.7 Å². The molecule has 0 bridgehead atoms. The molecule has 0 unspecified atom stereocenters. The summed E-state index contributed by atoms with van der Waals surface area (Å²) in [5, 5.41) is 0.595. The van der Waals surface area contributed by atoms with Crippen molar-refractivity contribution >= 4 is 33.4 Å². The van der Waals surface area contributed by atoms with Crippen molar-refractivity contribution in [3.05, 3.63) is 33.3 Å². The lowest BCUT2D eigenvalue weighted by Gasteiger charge is -2.38. The Labute approximate surface area is 139 Å². The SMILES string of the molecule is O=C(c1cc(Cl)cc(Br)c1)N1CCN(C2CCCC2)CC1. The zero-order valence-electron chi connectivity index (χ0n) is 12.0. The van der Waals surface area contributed by atoms with Gasteiger partial charge in [0.2, 0.25) is 0 Å². The van der Waals surface area contributed by atoms with Crippen molar-refractivity contribution in [1.82, 2.24) is 9.80 Å². The number of benzene rings is 1. The highest BCUT2D eigenvalue weighted by Crippen LogP contribution is 2.25. The molecule has 0 aromatic heterocycles. The molecular weight excluding hydrogens is 352 g/mol. The van der Waals surface area contributed by atoms with E-state index in [0.717, 1.165) is 36.7 Å². The Morgan fingerprint density at radius 3 is 2.38 bits per heavy atom. The molecule has 5 heteroatoms. The second kappa shape index (κ2) is 6.67. The maximum absolute atomic E-state index is 12.6. The summed E-state index contributed by atoms with van der Waals surface area (Å²) >= 11 is 9.43. The van der Waals surface area contributed by atoms with Crippen LogP contribution in [0.25, 0.3) is 0 Å². The molecule has 114 valence electrons. The van der Waals surface area contributed by atoms with Gasteiger partial charge in [0, 0.05) is 47.3 Å². The van der Waals surface area contributed by atoms with Crippen LogP contribution in [0.5, 0.6) is 0 Å². The van der Waals surface area contributed by atoms with E-state index in [1.54, 1.807) is 12.1 Å². The summed E-state index contributed by atoms with van der Waals surface area (Å²) in [5.41, 5.74) is 0.670. The molecule has 2 fully saturated rings. The van der Waals surface area contributed by atoms with Gasteiger partial charge in [-0.15, -0.1) is 0 Å². The molecule has 1 amide bonds. The standard InChI is InChI=1S/C16H20BrClN2O/c17-13-9-12(10-14(18)11-13)16(21)20-7-5-19(6-8-20)15-3-1-2-4-15/h9-11,15H,1-8H2. The molecule has 3 rings (SSSR count). The van der Waals surface area contributed by atoms with E-state index in [0.29, 0.717) is 10.6 Å².